The highest BCUT2D eigenvalue weighted by atomic mass is 32.2. The van der Waals surface area contributed by atoms with Crippen LogP contribution in [0.25, 0.3) is 0 Å². The van der Waals surface area contributed by atoms with E-state index in [1.54, 1.807) is 17.6 Å². The minimum atomic E-state index is -4.67. The summed E-state index contributed by atoms with van der Waals surface area (Å²) in [6, 6.07) is 4.51. The van der Waals surface area contributed by atoms with E-state index in [9.17, 15) is 25.9 Å². The van der Waals surface area contributed by atoms with Crippen molar-refractivity contribution in [1.29, 1.82) is 0 Å². The van der Waals surface area contributed by atoms with Crippen LogP contribution < -0.4 is 0 Å². The maximum atomic E-state index is 11.6. The maximum Gasteiger partial charge on any atom is 0.227 e. The first-order valence-electron chi connectivity index (χ1n) is 7.00. The highest BCUT2D eigenvalue weighted by molar-refractivity contribution is 7.86. The van der Waals surface area contributed by atoms with Crippen LogP contribution >= 0.6 is 0 Å². The van der Waals surface area contributed by atoms with Crippen molar-refractivity contribution in [2.45, 2.75) is 37.5 Å². The summed E-state index contributed by atoms with van der Waals surface area (Å²) in [4.78, 5) is -0.329. The van der Waals surface area contributed by atoms with E-state index in [1.807, 2.05) is 13.8 Å². The Labute approximate surface area is 136 Å². The van der Waals surface area contributed by atoms with E-state index in [1.165, 1.54) is 12.1 Å². The Hall–Kier alpha value is -1.29. The number of rotatable bonds is 5. The molecule has 0 N–H and O–H groups in total. The molecule has 0 saturated carbocycles. The van der Waals surface area contributed by atoms with Crippen LogP contribution in [0.4, 0.5) is 5.69 Å². The Morgan fingerprint density at radius 3 is 2.26 bits per heavy atom. The van der Waals surface area contributed by atoms with Gasteiger partial charge in [0.25, 0.3) is 0 Å². The summed E-state index contributed by atoms with van der Waals surface area (Å²) >= 11 is 0. The molecule has 128 valence electrons. The lowest BCUT2D eigenvalue weighted by atomic mass is 9.82. The highest BCUT2D eigenvalue weighted by Crippen LogP contribution is 2.42. The third-order valence-corrected chi connectivity index (χ3v) is 5.95. The van der Waals surface area contributed by atoms with Crippen molar-refractivity contribution < 1.29 is 30.5 Å². The van der Waals surface area contributed by atoms with Gasteiger partial charge in [-0.1, -0.05) is 12.1 Å². The number of fused-ring (bicyclic) bond motifs is 1. The standard InChI is InChI=1S/C14H19NO6S2/c1-10-14(2,3)11-6-4-7-12(23(19,20)21)13(11)15(10)8-5-9-22(16,17)18/h4,6-7H,5,8-9H2,1-3H3,(H-,16,17,18,19,20,21)/p-1. The monoisotopic (exact) mass is 360 g/mol. The Morgan fingerprint density at radius 1 is 1.13 bits per heavy atom. The molecule has 0 unspecified atom stereocenters. The fraction of sp³-hybridized carbons (Fsp3) is 0.500. The lowest BCUT2D eigenvalue weighted by Crippen LogP contribution is -2.27. The summed E-state index contributed by atoms with van der Waals surface area (Å²) in [6.07, 6.45) is 0.0476. The first-order chi connectivity index (χ1) is 10.4. The number of hydrogen-bond acceptors (Lipinski definition) is 6. The molecule has 0 radical (unpaired) electrons. The van der Waals surface area contributed by atoms with Crippen LogP contribution in [0.1, 0.15) is 32.8 Å². The molecule has 2 rings (SSSR count). The molecule has 23 heavy (non-hydrogen) atoms. The van der Waals surface area contributed by atoms with E-state index in [-0.39, 0.29) is 23.5 Å². The summed E-state index contributed by atoms with van der Waals surface area (Å²) in [6.45, 7) is 5.74. The van der Waals surface area contributed by atoms with Crippen molar-refractivity contribution in [2.75, 3.05) is 12.3 Å². The molecule has 1 aromatic carbocycles. The molecule has 1 aliphatic rings. The molecule has 7 nitrogen and oxygen atoms in total. The van der Waals surface area contributed by atoms with Gasteiger partial charge in [0.15, 0.2) is 5.71 Å². The van der Waals surface area contributed by atoms with E-state index >= 15 is 0 Å². The molecule has 0 fully saturated rings. The molecule has 0 aromatic heterocycles. The van der Waals surface area contributed by atoms with Crippen molar-refractivity contribution in [1.82, 2.24) is 0 Å². The minimum Gasteiger partial charge on any atom is -0.748 e. The fourth-order valence-electron chi connectivity index (χ4n) is 2.89. The van der Waals surface area contributed by atoms with Crippen LogP contribution in [0.3, 0.4) is 0 Å². The average molecular weight is 360 g/mol. The SMILES string of the molecule is CC1=[N+](CCCS(=O)(=O)[O-])c2c(cccc2S(=O)(=O)[O-])C1(C)C. The van der Waals surface area contributed by atoms with Gasteiger partial charge in [-0.2, -0.15) is 4.58 Å². The summed E-state index contributed by atoms with van der Waals surface area (Å²) < 4.78 is 68.6. The van der Waals surface area contributed by atoms with Gasteiger partial charge in [-0.15, -0.1) is 0 Å². The molecule has 0 saturated heterocycles. The molecule has 1 aliphatic heterocycles. The van der Waals surface area contributed by atoms with Crippen molar-refractivity contribution in [2.24, 2.45) is 0 Å². The lowest BCUT2D eigenvalue weighted by molar-refractivity contribution is -0.441. The number of benzene rings is 1. The van der Waals surface area contributed by atoms with E-state index in [2.05, 4.69) is 0 Å². The molecular weight excluding hydrogens is 342 g/mol. The second-order valence-corrected chi connectivity index (χ2v) is 8.96. The van der Waals surface area contributed by atoms with Crippen molar-refractivity contribution >= 4 is 31.6 Å². The van der Waals surface area contributed by atoms with Crippen molar-refractivity contribution in [3.63, 3.8) is 0 Å². The smallest absolute Gasteiger partial charge is 0.227 e. The third-order valence-electron chi connectivity index (χ3n) is 4.30. The zero-order valence-electron chi connectivity index (χ0n) is 13.1. The summed E-state index contributed by atoms with van der Waals surface area (Å²) in [7, 11) is -9.02. The van der Waals surface area contributed by atoms with Crippen LogP contribution in [0, 0.1) is 0 Å². The predicted octanol–water partition coefficient (Wildman–Crippen LogP) is 0.922. The minimum absolute atomic E-state index is 0.0476. The quantitative estimate of drug-likeness (QED) is 0.569. The van der Waals surface area contributed by atoms with Gasteiger partial charge in [-0.05, 0) is 19.9 Å². The molecule has 0 atom stereocenters. The molecule has 0 aliphatic carbocycles. The van der Waals surface area contributed by atoms with E-state index < -0.39 is 31.4 Å². The van der Waals surface area contributed by atoms with Gasteiger partial charge < -0.3 is 9.11 Å². The second kappa shape index (κ2) is 5.66. The van der Waals surface area contributed by atoms with Gasteiger partial charge in [0.1, 0.15) is 21.6 Å². The van der Waals surface area contributed by atoms with Crippen LogP contribution in [0.5, 0.6) is 0 Å². The molecule has 9 heteroatoms. The Bertz CT molecular complexity index is 882. The van der Waals surface area contributed by atoms with Crippen LogP contribution in [0.2, 0.25) is 0 Å². The van der Waals surface area contributed by atoms with Gasteiger partial charge in [-0.25, -0.2) is 16.8 Å². The highest BCUT2D eigenvalue weighted by Gasteiger charge is 2.44. The molecule has 0 amide bonds. The first kappa shape index (κ1) is 18.1. The van der Waals surface area contributed by atoms with E-state index in [4.69, 9.17) is 0 Å². The predicted molar refractivity (Wildman–Crippen MR) is 82.1 cm³/mol. The van der Waals surface area contributed by atoms with Crippen LogP contribution in [-0.4, -0.2) is 48.5 Å². The number of hydrogen-bond donors (Lipinski definition) is 0. The largest absolute Gasteiger partial charge is 0.748 e. The number of nitrogens with zero attached hydrogens (tertiary/aromatic N) is 1. The van der Waals surface area contributed by atoms with Crippen LogP contribution in [-0.2, 0) is 25.7 Å². The molecular formula is C14H18NO6S2-. The van der Waals surface area contributed by atoms with Crippen molar-refractivity contribution in [3.05, 3.63) is 23.8 Å². The maximum absolute atomic E-state index is 11.6. The van der Waals surface area contributed by atoms with Crippen molar-refractivity contribution in [3.8, 4) is 0 Å². The van der Waals surface area contributed by atoms with Crippen LogP contribution in [0.15, 0.2) is 23.1 Å². The van der Waals surface area contributed by atoms with Gasteiger partial charge >= 0.3 is 0 Å². The summed E-state index contributed by atoms with van der Waals surface area (Å²) in [5.41, 5.74) is 1.28. The lowest BCUT2D eigenvalue weighted by Gasteiger charge is -2.15. The second-order valence-electron chi connectivity index (χ2n) is 6.08. The first-order valence-corrected chi connectivity index (χ1v) is 9.99. The Kier molecular flexibility index (Phi) is 4.44. The molecule has 0 spiro atoms. The average Bonchev–Trinajstić information content (AvgIpc) is 2.57. The Balaban J connectivity index is 2.55. The van der Waals surface area contributed by atoms with Gasteiger partial charge in [0.05, 0.1) is 15.5 Å². The van der Waals surface area contributed by atoms with Gasteiger partial charge in [-0.3, -0.25) is 0 Å². The van der Waals surface area contributed by atoms with Gasteiger partial charge in [0.2, 0.25) is 5.69 Å². The fourth-order valence-corrected chi connectivity index (χ4v) is 4.07. The molecule has 0 bridgehead atoms. The summed E-state index contributed by atoms with van der Waals surface area (Å²) in [5.74, 6) is -0.543. The molecule has 1 heterocycles. The Morgan fingerprint density at radius 2 is 1.74 bits per heavy atom. The zero-order valence-corrected chi connectivity index (χ0v) is 14.7. The van der Waals surface area contributed by atoms with Gasteiger partial charge in [0, 0.05) is 24.7 Å². The summed E-state index contributed by atoms with van der Waals surface area (Å²) in [5, 5.41) is 0. The van der Waals surface area contributed by atoms with E-state index in [0.717, 1.165) is 5.71 Å². The third kappa shape index (κ3) is 3.47. The zero-order chi connectivity index (χ0) is 17.6. The molecule has 1 aromatic rings. The van der Waals surface area contributed by atoms with E-state index in [0.29, 0.717) is 5.56 Å². The number of para-hydroxylation sites is 1. The topological polar surface area (TPSA) is 117 Å². The normalized spacial score (nSPS) is 17.4.